The first-order chi connectivity index (χ1) is 14.0. The summed E-state index contributed by atoms with van der Waals surface area (Å²) < 4.78 is 13.2. The van der Waals surface area contributed by atoms with Gasteiger partial charge in [-0.15, -0.1) is 0 Å². The zero-order valence-corrected chi connectivity index (χ0v) is 16.9. The molecular weight excluding hydrogens is 367 g/mol. The SMILES string of the molecule is CCCC1=CC=C2C(C1)Nc1cnc(=O)[nH]c1N2CCC(C)c1ccc(F)cc1. The van der Waals surface area contributed by atoms with Crippen molar-refractivity contribution in [2.75, 3.05) is 16.8 Å². The summed E-state index contributed by atoms with van der Waals surface area (Å²) in [6, 6.07) is 6.90. The molecule has 1 aliphatic heterocycles. The van der Waals surface area contributed by atoms with Crippen LogP contribution >= 0.6 is 0 Å². The average molecular weight is 394 g/mol. The topological polar surface area (TPSA) is 61.0 Å². The van der Waals surface area contributed by atoms with Crippen LogP contribution in [0.15, 0.2) is 58.7 Å². The predicted molar refractivity (Wildman–Crippen MR) is 115 cm³/mol. The minimum atomic E-state index is -0.348. The van der Waals surface area contributed by atoms with Crippen LogP contribution in [0.3, 0.4) is 0 Å². The van der Waals surface area contributed by atoms with Crippen LogP contribution in [0.2, 0.25) is 0 Å². The molecule has 2 N–H and O–H groups in total. The summed E-state index contributed by atoms with van der Waals surface area (Å²) in [4.78, 5) is 20.9. The number of hydrogen-bond acceptors (Lipinski definition) is 4. The molecule has 0 amide bonds. The smallest absolute Gasteiger partial charge is 0.346 e. The summed E-state index contributed by atoms with van der Waals surface area (Å²) in [7, 11) is 0. The first-order valence-electron chi connectivity index (χ1n) is 10.3. The summed E-state index contributed by atoms with van der Waals surface area (Å²) in [5.74, 6) is 0.828. The molecule has 0 fully saturated rings. The first kappa shape index (κ1) is 19.4. The Balaban J connectivity index is 1.60. The van der Waals surface area contributed by atoms with Crippen molar-refractivity contribution in [1.82, 2.24) is 9.97 Å². The monoisotopic (exact) mass is 394 g/mol. The van der Waals surface area contributed by atoms with Gasteiger partial charge in [0, 0.05) is 12.2 Å². The molecule has 1 aromatic carbocycles. The summed E-state index contributed by atoms with van der Waals surface area (Å²) in [5, 5.41) is 3.54. The number of allylic oxidation sites excluding steroid dienone is 2. The van der Waals surface area contributed by atoms with Gasteiger partial charge in [0.15, 0.2) is 0 Å². The van der Waals surface area contributed by atoms with Gasteiger partial charge < -0.3 is 10.2 Å². The third-order valence-electron chi connectivity index (χ3n) is 5.81. The van der Waals surface area contributed by atoms with E-state index >= 15 is 0 Å². The highest BCUT2D eigenvalue weighted by molar-refractivity contribution is 5.73. The second-order valence-electron chi connectivity index (χ2n) is 7.91. The number of aromatic amines is 1. The van der Waals surface area contributed by atoms with E-state index in [9.17, 15) is 9.18 Å². The molecule has 2 aromatic rings. The van der Waals surface area contributed by atoms with Crippen LogP contribution in [0.4, 0.5) is 15.9 Å². The largest absolute Gasteiger partial charge is 0.372 e. The highest BCUT2D eigenvalue weighted by atomic mass is 19.1. The second kappa shape index (κ2) is 8.23. The van der Waals surface area contributed by atoms with Crippen molar-refractivity contribution in [3.8, 4) is 0 Å². The van der Waals surface area contributed by atoms with Gasteiger partial charge in [0.2, 0.25) is 0 Å². The second-order valence-corrected chi connectivity index (χ2v) is 7.91. The van der Waals surface area contributed by atoms with E-state index in [1.54, 1.807) is 6.20 Å². The van der Waals surface area contributed by atoms with Gasteiger partial charge in [-0.3, -0.25) is 4.98 Å². The number of halogens is 1. The highest BCUT2D eigenvalue weighted by Crippen LogP contribution is 2.38. The summed E-state index contributed by atoms with van der Waals surface area (Å²) in [6.07, 6.45) is 10.1. The lowest BCUT2D eigenvalue weighted by Crippen LogP contribution is -2.42. The zero-order valence-electron chi connectivity index (χ0n) is 16.9. The van der Waals surface area contributed by atoms with Crippen LogP contribution in [0.25, 0.3) is 0 Å². The van der Waals surface area contributed by atoms with Gasteiger partial charge in [-0.25, -0.2) is 9.18 Å². The Bertz CT molecular complexity index is 993. The lowest BCUT2D eigenvalue weighted by Gasteiger charge is -2.41. The van der Waals surface area contributed by atoms with Gasteiger partial charge in [0.05, 0.1) is 17.9 Å². The van der Waals surface area contributed by atoms with Crippen LogP contribution in [0, 0.1) is 5.82 Å². The van der Waals surface area contributed by atoms with Gasteiger partial charge in [-0.05, 0) is 49.0 Å². The Kier molecular flexibility index (Phi) is 5.51. The Morgan fingerprint density at radius 2 is 2.07 bits per heavy atom. The summed E-state index contributed by atoms with van der Waals surface area (Å²) >= 11 is 0. The Morgan fingerprint density at radius 3 is 2.83 bits per heavy atom. The summed E-state index contributed by atoms with van der Waals surface area (Å²) in [5.41, 5.74) is 4.24. The molecule has 2 atom stereocenters. The van der Waals surface area contributed by atoms with E-state index < -0.39 is 0 Å². The van der Waals surface area contributed by atoms with E-state index in [0.29, 0.717) is 0 Å². The number of fused-ring (bicyclic) bond motifs is 2. The molecule has 5 nitrogen and oxygen atoms in total. The lowest BCUT2D eigenvalue weighted by molar-refractivity contribution is 0.616. The fraction of sp³-hybridized carbons (Fsp3) is 0.391. The number of H-pyrrole nitrogens is 1. The third-order valence-corrected chi connectivity index (χ3v) is 5.81. The van der Waals surface area contributed by atoms with Crippen molar-refractivity contribution in [3.05, 3.63) is 75.7 Å². The molecule has 152 valence electrons. The molecule has 0 radical (unpaired) electrons. The number of nitrogens with one attached hydrogen (secondary N) is 2. The minimum absolute atomic E-state index is 0.183. The Hall–Kier alpha value is -2.89. The molecule has 29 heavy (non-hydrogen) atoms. The van der Waals surface area contributed by atoms with Crippen molar-refractivity contribution in [2.45, 2.75) is 51.5 Å². The maximum Gasteiger partial charge on any atom is 0.346 e. The van der Waals surface area contributed by atoms with Crippen LogP contribution in [-0.2, 0) is 0 Å². The Labute approximate surface area is 170 Å². The van der Waals surface area contributed by atoms with E-state index in [0.717, 1.165) is 49.3 Å². The highest BCUT2D eigenvalue weighted by Gasteiger charge is 2.32. The van der Waals surface area contributed by atoms with Gasteiger partial charge in [0.1, 0.15) is 11.6 Å². The zero-order chi connectivity index (χ0) is 20.4. The van der Waals surface area contributed by atoms with Gasteiger partial charge in [-0.1, -0.05) is 44.1 Å². The molecule has 6 heteroatoms. The molecular formula is C23H27FN4O. The number of benzene rings is 1. The van der Waals surface area contributed by atoms with Crippen molar-refractivity contribution < 1.29 is 4.39 Å². The quantitative estimate of drug-likeness (QED) is 0.744. The molecule has 0 saturated heterocycles. The van der Waals surface area contributed by atoms with Crippen molar-refractivity contribution >= 4 is 11.5 Å². The standard InChI is InChI=1S/C23H27FN4O/c1-3-4-16-5-10-21-19(13-16)26-20-14-25-23(29)27-22(20)28(21)12-11-15(2)17-6-8-18(24)9-7-17/h5-10,14-15,19,26H,3-4,11-13H2,1-2H3,(H,25,27,29). The number of anilines is 2. The molecule has 2 heterocycles. The normalized spacial score (nSPS) is 18.9. The molecule has 2 unspecified atom stereocenters. The molecule has 2 aliphatic rings. The Morgan fingerprint density at radius 1 is 1.28 bits per heavy atom. The van der Waals surface area contributed by atoms with Crippen molar-refractivity contribution in [3.63, 3.8) is 0 Å². The number of aromatic nitrogens is 2. The predicted octanol–water partition coefficient (Wildman–Crippen LogP) is 4.72. The fourth-order valence-corrected chi connectivity index (χ4v) is 4.21. The molecule has 4 rings (SSSR count). The van der Waals surface area contributed by atoms with Crippen LogP contribution < -0.4 is 15.9 Å². The maximum atomic E-state index is 13.2. The molecule has 1 aromatic heterocycles. The van der Waals surface area contributed by atoms with E-state index in [4.69, 9.17) is 0 Å². The minimum Gasteiger partial charge on any atom is -0.372 e. The van der Waals surface area contributed by atoms with E-state index in [-0.39, 0.29) is 23.5 Å². The molecule has 0 bridgehead atoms. The van der Waals surface area contributed by atoms with Gasteiger partial charge in [0.25, 0.3) is 0 Å². The van der Waals surface area contributed by atoms with E-state index in [1.807, 2.05) is 12.1 Å². The van der Waals surface area contributed by atoms with Crippen molar-refractivity contribution in [1.29, 1.82) is 0 Å². The number of hydrogen-bond donors (Lipinski definition) is 2. The summed E-state index contributed by atoms with van der Waals surface area (Å²) in [6.45, 7) is 5.10. The number of rotatable bonds is 6. The van der Waals surface area contributed by atoms with E-state index in [1.165, 1.54) is 23.4 Å². The van der Waals surface area contributed by atoms with Gasteiger partial charge >= 0.3 is 5.69 Å². The van der Waals surface area contributed by atoms with Gasteiger partial charge in [-0.2, -0.15) is 4.98 Å². The van der Waals surface area contributed by atoms with Crippen LogP contribution in [0.5, 0.6) is 0 Å². The lowest BCUT2D eigenvalue weighted by atomic mass is 9.91. The maximum absolute atomic E-state index is 13.2. The van der Waals surface area contributed by atoms with E-state index in [2.05, 4.69) is 46.2 Å². The average Bonchev–Trinajstić information content (AvgIpc) is 2.72. The van der Waals surface area contributed by atoms with Crippen LogP contribution in [-0.4, -0.2) is 22.6 Å². The number of nitrogens with zero attached hydrogens (tertiary/aromatic N) is 2. The first-order valence-corrected chi connectivity index (χ1v) is 10.3. The fourth-order valence-electron chi connectivity index (χ4n) is 4.21. The molecule has 0 saturated carbocycles. The molecule has 0 spiro atoms. The van der Waals surface area contributed by atoms with Crippen LogP contribution in [0.1, 0.15) is 51.0 Å². The third kappa shape index (κ3) is 4.11. The molecule has 1 aliphatic carbocycles. The van der Waals surface area contributed by atoms with Crippen molar-refractivity contribution in [2.24, 2.45) is 0 Å².